The van der Waals surface area contributed by atoms with Crippen molar-refractivity contribution in [3.05, 3.63) is 29.3 Å². The average molecular weight is 259 g/mol. The number of hydrogen-bond acceptors (Lipinski definition) is 4. The molecule has 1 atom stereocenters. The molecule has 5 nitrogen and oxygen atoms in total. The highest BCUT2D eigenvalue weighted by Gasteiger charge is 2.22. The van der Waals surface area contributed by atoms with Crippen molar-refractivity contribution in [3.8, 4) is 5.75 Å². The number of Topliss-reactive ketones (excluding diaryl/α,β-unsaturated/α-hetero) is 1. The predicted octanol–water partition coefficient (Wildman–Crippen LogP) is 1.23. The van der Waals surface area contributed by atoms with Gasteiger partial charge in [0.2, 0.25) is 0 Å². The van der Waals surface area contributed by atoms with Crippen LogP contribution in [-0.2, 0) is 4.79 Å². The second-order valence-electron chi connectivity index (χ2n) is 3.25. The summed E-state index contributed by atoms with van der Waals surface area (Å²) >= 11 is 5.42. The van der Waals surface area contributed by atoms with Gasteiger partial charge in [0.25, 0.3) is 0 Å². The van der Waals surface area contributed by atoms with E-state index in [1.165, 1.54) is 25.3 Å². The summed E-state index contributed by atoms with van der Waals surface area (Å²) < 4.78 is 4.92. The number of methoxy groups -OCH3 is 1. The van der Waals surface area contributed by atoms with Crippen LogP contribution in [0.25, 0.3) is 0 Å². The third kappa shape index (κ3) is 2.95. The molecular weight excluding hydrogens is 248 g/mol. The topological polar surface area (TPSA) is 83.8 Å². The van der Waals surface area contributed by atoms with Gasteiger partial charge in [-0.15, -0.1) is 11.6 Å². The zero-order chi connectivity index (χ0) is 13.0. The lowest BCUT2D eigenvalue weighted by Gasteiger charge is -2.12. The third-order valence-corrected chi connectivity index (χ3v) is 2.45. The Hall–Kier alpha value is -1.59. The molecule has 1 unspecified atom stereocenters. The molecular formula is C11H11ClO5. The molecule has 92 valence electrons. The zero-order valence-corrected chi connectivity index (χ0v) is 9.77. The Labute approximate surface area is 103 Å². The molecule has 1 aromatic carbocycles. The van der Waals surface area contributed by atoms with Gasteiger partial charge in [-0.05, 0) is 12.1 Å². The molecule has 0 saturated carbocycles. The largest absolute Gasteiger partial charge is 0.497 e. The fourth-order valence-corrected chi connectivity index (χ4v) is 1.49. The maximum absolute atomic E-state index is 11.5. The first-order valence-electron chi connectivity index (χ1n) is 4.69. The van der Waals surface area contributed by atoms with Crippen LogP contribution in [0.4, 0.5) is 0 Å². The molecule has 0 aliphatic heterocycles. The van der Waals surface area contributed by atoms with Gasteiger partial charge in [-0.3, -0.25) is 4.79 Å². The number of hydrogen-bond donors (Lipinski definition) is 2. The van der Waals surface area contributed by atoms with Crippen LogP contribution in [0.1, 0.15) is 22.0 Å². The van der Waals surface area contributed by atoms with Crippen LogP contribution < -0.4 is 4.74 Å². The van der Waals surface area contributed by atoms with Crippen LogP contribution in [0.15, 0.2) is 18.2 Å². The number of aliphatic hydroxyl groups excluding tert-OH is 1. The summed E-state index contributed by atoms with van der Waals surface area (Å²) in [5.74, 6) is -1.81. The van der Waals surface area contributed by atoms with Gasteiger partial charge in [-0.1, -0.05) is 6.07 Å². The average Bonchev–Trinajstić information content (AvgIpc) is 2.35. The van der Waals surface area contributed by atoms with Crippen molar-refractivity contribution in [2.75, 3.05) is 13.0 Å². The van der Waals surface area contributed by atoms with E-state index in [0.29, 0.717) is 5.75 Å². The molecule has 0 aliphatic carbocycles. The van der Waals surface area contributed by atoms with Gasteiger partial charge in [0.05, 0.1) is 13.0 Å². The lowest BCUT2D eigenvalue weighted by molar-refractivity contribution is -0.146. The SMILES string of the molecule is COc1ccc(C(O)C(=O)O)c(C(=O)CCl)c1. The molecule has 1 rings (SSSR count). The third-order valence-electron chi connectivity index (χ3n) is 2.21. The van der Waals surface area contributed by atoms with Gasteiger partial charge in [-0.2, -0.15) is 0 Å². The van der Waals surface area contributed by atoms with E-state index in [1.54, 1.807) is 0 Å². The van der Waals surface area contributed by atoms with E-state index in [2.05, 4.69) is 0 Å². The van der Waals surface area contributed by atoms with E-state index in [-0.39, 0.29) is 17.0 Å². The molecule has 0 saturated heterocycles. The molecule has 0 spiro atoms. The van der Waals surface area contributed by atoms with Crippen molar-refractivity contribution in [3.63, 3.8) is 0 Å². The van der Waals surface area contributed by atoms with Gasteiger partial charge < -0.3 is 14.9 Å². The van der Waals surface area contributed by atoms with E-state index in [1.807, 2.05) is 0 Å². The summed E-state index contributed by atoms with van der Waals surface area (Å²) in [4.78, 5) is 22.2. The fourth-order valence-electron chi connectivity index (χ4n) is 1.35. The van der Waals surface area contributed by atoms with Gasteiger partial charge in [0, 0.05) is 11.1 Å². The van der Waals surface area contributed by atoms with Crippen LogP contribution in [-0.4, -0.2) is 35.0 Å². The second kappa shape index (κ2) is 5.65. The molecule has 0 aliphatic rings. The molecule has 0 bridgehead atoms. The van der Waals surface area contributed by atoms with Crippen LogP contribution in [0, 0.1) is 0 Å². The lowest BCUT2D eigenvalue weighted by atomic mass is 9.99. The van der Waals surface area contributed by atoms with Gasteiger partial charge in [0.1, 0.15) is 5.75 Å². The number of aliphatic carboxylic acids is 1. The highest BCUT2D eigenvalue weighted by atomic mass is 35.5. The number of aliphatic hydroxyl groups is 1. The molecule has 0 heterocycles. The number of ketones is 1. The Morgan fingerprint density at radius 3 is 2.59 bits per heavy atom. The predicted molar refractivity (Wildman–Crippen MR) is 60.6 cm³/mol. The number of alkyl halides is 1. The number of carbonyl (C=O) groups excluding carboxylic acids is 1. The second-order valence-corrected chi connectivity index (χ2v) is 3.52. The summed E-state index contributed by atoms with van der Waals surface area (Å²) in [6, 6.07) is 4.15. The molecule has 2 N–H and O–H groups in total. The van der Waals surface area contributed by atoms with Gasteiger partial charge >= 0.3 is 5.97 Å². The standard InChI is InChI=1S/C11H11ClO5/c1-17-6-2-3-7(10(14)11(15)16)8(4-6)9(13)5-12/h2-4,10,14H,5H2,1H3,(H,15,16). The molecule has 1 aromatic rings. The van der Waals surface area contributed by atoms with E-state index in [4.69, 9.17) is 21.4 Å². The van der Waals surface area contributed by atoms with Crippen LogP contribution in [0.3, 0.4) is 0 Å². The maximum Gasteiger partial charge on any atom is 0.337 e. The van der Waals surface area contributed by atoms with E-state index in [0.717, 1.165) is 0 Å². The maximum atomic E-state index is 11.5. The number of carboxylic acids is 1. The first-order chi connectivity index (χ1) is 8.01. The molecule has 0 radical (unpaired) electrons. The number of carbonyl (C=O) groups is 2. The minimum Gasteiger partial charge on any atom is -0.497 e. The zero-order valence-electron chi connectivity index (χ0n) is 9.01. The Balaban J connectivity index is 3.29. The highest BCUT2D eigenvalue weighted by molar-refractivity contribution is 6.30. The number of benzene rings is 1. The summed E-state index contributed by atoms with van der Waals surface area (Å²) in [5, 5.41) is 18.2. The van der Waals surface area contributed by atoms with Crippen LogP contribution >= 0.6 is 11.6 Å². The van der Waals surface area contributed by atoms with Crippen molar-refractivity contribution in [2.24, 2.45) is 0 Å². The molecule has 0 amide bonds. The van der Waals surface area contributed by atoms with E-state index < -0.39 is 17.9 Å². The van der Waals surface area contributed by atoms with E-state index >= 15 is 0 Å². The first-order valence-corrected chi connectivity index (χ1v) is 5.22. The van der Waals surface area contributed by atoms with Gasteiger partial charge in [-0.25, -0.2) is 4.79 Å². The lowest BCUT2D eigenvalue weighted by Crippen LogP contribution is -2.15. The first kappa shape index (κ1) is 13.5. The monoisotopic (exact) mass is 258 g/mol. The normalized spacial score (nSPS) is 11.9. The smallest absolute Gasteiger partial charge is 0.337 e. The summed E-state index contributed by atoms with van der Waals surface area (Å²) in [5.41, 5.74) is 0.0539. The van der Waals surface area contributed by atoms with Crippen molar-refractivity contribution in [2.45, 2.75) is 6.10 Å². The molecule has 0 aromatic heterocycles. The quantitative estimate of drug-likeness (QED) is 0.613. The number of halogens is 1. The number of carboxylic acid groups (broad SMARTS) is 1. The fraction of sp³-hybridized carbons (Fsp3) is 0.273. The molecule has 0 fully saturated rings. The highest BCUT2D eigenvalue weighted by Crippen LogP contribution is 2.24. The minimum absolute atomic E-state index is 0.00366. The Morgan fingerprint density at radius 2 is 2.12 bits per heavy atom. The summed E-state index contributed by atoms with van der Waals surface area (Å²) in [6.45, 7) is 0. The summed E-state index contributed by atoms with van der Waals surface area (Å²) in [7, 11) is 1.41. The van der Waals surface area contributed by atoms with Gasteiger partial charge in [0.15, 0.2) is 11.9 Å². The summed E-state index contributed by atoms with van der Waals surface area (Å²) in [6.07, 6.45) is -1.76. The molecule has 6 heteroatoms. The van der Waals surface area contributed by atoms with Crippen LogP contribution in [0.2, 0.25) is 0 Å². The van der Waals surface area contributed by atoms with Crippen molar-refractivity contribution < 1.29 is 24.5 Å². The van der Waals surface area contributed by atoms with Crippen molar-refractivity contribution in [1.82, 2.24) is 0 Å². The number of ether oxygens (including phenoxy) is 1. The van der Waals surface area contributed by atoms with Crippen LogP contribution in [0.5, 0.6) is 5.75 Å². The minimum atomic E-state index is -1.76. The van der Waals surface area contributed by atoms with Crippen molar-refractivity contribution >= 4 is 23.4 Å². The Morgan fingerprint density at radius 1 is 1.47 bits per heavy atom. The Bertz CT molecular complexity index is 443. The van der Waals surface area contributed by atoms with E-state index in [9.17, 15) is 14.7 Å². The van der Waals surface area contributed by atoms with Crippen molar-refractivity contribution in [1.29, 1.82) is 0 Å². The number of rotatable bonds is 5. The molecule has 17 heavy (non-hydrogen) atoms. The Kier molecular flexibility index (Phi) is 4.48.